The van der Waals surface area contributed by atoms with Crippen molar-refractivity contribution in [2.75, 3.05) is 25.5 Å². The maximum absolute atomic E-state index is 13.0. The Labute approximate surface area is 160 Å². The highest BCUT2D eigenvalue weighted by atomic mass is 19.4. The van der Waals surface area contributed by atoms with Crippen molar-refractivity contribution in [2.45, 2.75) is 37.9 Å². The molecule has 1 saturated carbocycles. The van der Waals surface area contributed by atoms with Gasteiger partial charge in [0, 0.05) is 6.04 Å². The number of halogens is 3. The molecule has 4 N–H and O–H groups in total. The molecule has 1 aromatic rings. The van der Waals surface area contributed by atoms with E-state index >= 15 is 0 Å². The number of carbonyl (C=O) groups is 3. The van der Waals surface area contributed by atoms with Gasteiger partial charge >= 0.3 is 12.2 Å². The second-order valence-electron chi connectivity index (χ2n) is 6.91. The Morgan fingerprint density at radius 2 is 1.68 bits per heavy atom. The minimum atomic E-state index is -4.59. The number of rotatable bonds is 6. The van der Waals surface area contributed by atoms with Crippen LogP contribution in [-0.4, -0.2) is 44.0 Å². The number of alkyl halides is 3. The molecule has 0 aliphatic heterocycles. The quantitative estimate of drug-likeness (QED) is 0.572. The maximum atomic E-state index is 13.0. The number of quaternary nitrogens is 1. The van der Waals surface area contributed by atoms with Crippen molar-refractivity contribution >= 4 is 23.5 Å². The molecule has 0 saturated heterocycles. The monoisotopic (exact) mass is 401 g/mol. The van der Waals surface area contributed by atoms with Gasteiger partial charge in [0.05, 0.1) is 18.3 Å². The van der Waals surface area contributed by atoms with E-state index in [2.05, 4.69) is 16.0 Å². The van der Waals surface area contributed by atoms with Gasteiger partial charge in [0.2, 0.25) is 0 Å². The topological polar surface area (TPSA) is 91.7 Å². The van der Waals surface area contributed by atoms with E-state index in [1.54, 1.807) is 0 Å². The Bertz CT molecular complexity index is 718. The number of anilines is 1. The first-order valence-electron chi connectivity index (χ1n) is 9.03. The van der Waals surface area contributed by atoms with Crippen molar-refractivity contribution in [3.05, 3.63) is 29.8 Å². The van der Waals surface area contributed by atoms with Gasteiger partial charge in [-0.05, 0) is 25.0 Å². The third-order valence-electron chi connectivity index (χ3n) is 4.37. The highest BCUT2D eigenvalue weighted by Crippen LogP contribution is 2.34. The number of amides is 4. The summed E-state index contributed by atoms with van der Waals surface area (Å²) in [4.78, 5) is 36.1. The third-order valence-corrected chi connectivity index (χ3v) is 4.37. The van der Waals surface area contributed by atoms with E-state index in [0.717, 1.165) is 37.8 Å². The summed E-state index contributed by atoms with van der Waals surface area (Å²) in [5, 5.41) is 7.13. The average Bonchev–Trinajstić information content (AvgIpc) is 3.06. The Kier molecular flexibility index (Phi) is 7.38. The number of urea groups is 1. The van der Waals surface area contributed by atoms with Crippen LogP contribution in [0.3, 0.4) is 0 Å². The summed E-state index contributed by atoms with van der Waals surface area (Å²) in [7, 11) is 1.53. The molecule has 1 atom stereocenters. The van der Waals surface area contributed by atoms with Crippen LogP contribution in [0.2, 0.25) is 0 Å². The van der Waals surface area contributed by atoms with Crippen LogP contribution < -0.4 is 20.9 Å². The zero-order chi connectivity index (χ0) is 20.7. The zero-order valence-corrected chi connectivity index (χ0v) is 15.5. The van der Waals surface area contributed by atoms with Crippen LogP contribution in [0, 0.1) is 0 Å². The van der Waals surface area contributed by atoms with Crippen molar-refractivity contribution < 1.29 is 32.5 Å². The van der Waals surface area contributed by atoms with E-state index in [4.69, 9.17) is 0 Å². The molecule has 2 rings (SSSR count). The van der Waals surface area contributed by atoms with Crippen LogP contribution in [0.15, 0.2) is 24.3 Å². The molecule has 0 bridgehead atoms. The van der Waals surface area contributed by atoms with Crippen LogP contribution >= 0.6 is 0 Å². The Hall–Kier alpha value is -2.62. The van der Waals surface area contributed by atoms with Crippen LogP contribution in [0.5, 0.6) is 0 Å². The molecule has 1 aromatic carbocycles. The van der Waals surface area contributed by atoms with E-state index in [1.165, 1.54) is 19.2 Å². The number of carbonyl (C=O) groups excluding carboxylic acids is 3. The molecule has 1 aliphatic carbocycles. The van der Waals surface area contributed by atoms with Crippen molar-refractivity contribution in [1.29, 1.82) is 0 Å². The summed E-state index contributed by atoms with van der Waals surface area (Å²) >= 11 is 0. The highest BCUT2D eigenvalue weighted by Gasteiger charge is 2.33. The maximum Gasteiger partial charge on any atom is 0.418 e. The minimum Gasteiger partial charge on any atom is -0.335 e. The van der Waals surface area contributed by atoms with Crippen molar-refractivity contribution in [2.24, 2.45) is 0 Å². The predicted molar refractivity (Wildman–Crippen MR) is 95.6 cm³/mol. The second kappa shape index (κ2) is 9.54. The second-order valence-corrected chi connectivity index (χ2v) is 6.91. The molecule has 0 spiro atoms. The van der Waals surface area contributed by atoms with Gasteiger partial charge in [-0.25, -0.2) is 4.79 Å². The number of hydrogen-bond donors (Lipinski definition) is 4. The smallest absolute Gasteiger partial charge is 0.335 e. The Morgan fingerprint density at radius 3 is 2.32 bits per heavy atom. The first-order chi connectivity index (χ1) is 13.1. The van der Waals surface area contributed by atoms with Crippen molar-refractivity contribution in [1.82, 2.24) is 10.6 Å². The molecule has 154 valence electrons. The van der Waals surface area contributed by atoms with Gasteiger partial charge in [0.1, 0.15) is 0 Å². The largest absolute Gasteiger partial charge is 0.418 e. The predicted octanol–water partition coefficient (Wildman–Crippen LogP) is 0.927. The molecule has 28 heavy (non-hydrogen) atoms. The van der Waals surface area contributed by atoms with Gasteiger partial charge < -0.3 is 15.5 Å². The highest BCUT2D eigenvalue weighted by molar-refractivity contribution is 5.95. The van der Waals surface area contributed by atoms with Gasteiger partial charge in [0.15, 0.2) is 13.1 Å². The molecule has 4 amide bonds. The lowest BCUT2D eigenvalue weighted by Gasteiger charge is -2.16. The summed E-state index contributed by atoms with van der Waals surface area (Å²) in [5.41, 5.74) is -1.28. The normalized spacial score (nSPS) is 15.7. The lowest BCUT2D eigenvalue weighted by molar-refractivity contribution is -0.862. The number of para-hydroxylation sites is 1. The van der Waals surface area contributed by atoms with E-state index in [0.29, 0.717) is 4.90 Å². The van der Waals surface area contributed by atoms with Crippen LogP contribution in [0.4, 0.5) is 23.7 Å². The van der Waals surface area contributed by atoms with E-state index in [9.17, 15) is 27.6 Å². The number of benzene rings is 1. The Morgan fingerprint density at radius 1 is 1.07 bits per heavy atom. The summed E-state index contributed by atoms with van der Waals surface area (Å²) in [6.45, 7) is -0.406. The summed E-state index contributed by atoms with van der Waals surface area (Å²) in [5.74, 6) is -1.24. The molecular formula is C18H24F3N4O3+. The van der Waals surface area contributed by atoms with Crippen LogP contribution in [-0.2, 0) is 15.8 Å². The van der Waals surface area contributed by atoms with Gasteiger partial charge in [-0.3, -0.25) is 14.9 Å². The minimum absolute atomic E-state index is 0.0670. The molecular weight excluding hydrogens is 377 g/mol. The summed E-state index contributed by atoms with van der Waals surface area (Å²) in [6.07, 6.45) is -0.745. The average molecular weight is 401 g/mol. The molecule has 0 heterocycles. The molecule has 1 fully saturated rings. The van der Waals surface area contributed by atoms with Gasteiger partial charge in [0.25, 0.3) is 11.8 Å². The SMILES string of the molecule is C[NH+](CC(=O)NC(=O)NC1CCCC1)CC(=O)Nc1ccccc1C(F)(F)F. The van der Waals surface area contributed by atoms with E-state index < -0.39 is 29.6 Å². The number of nitrogens with one attached hydrogen (secondary N) is 4. The molecule has 1 unspecified atom stereocenters. The van der Waals surface area contributed by atoms with Crippen LogP contribution in [0.25, 0.3) is 0 Å². The molecule has 10 heteroatoms. The van der Waals surface area contributed by atoms with Crippen LogP contribution in [0.1, 0.15) is 31.2 Å². The van der Waals surface area contributed by atoms with Gasteiger partial charge in [-0.15, -0.1) is 0 Å². The number of hydrogen-bond acceptors (Lipinski definition) is 3. The first-order valence-corrected chi connectivity index (χ1v) is 9.03. The lowest BCUT2D eigenvalue weighted by Crippen LogP contribution is -3.11. The molecule has 7 nitrogen and oxygen atoms in total. The van der Waals surface area contributed by atoms with Crippen molar-refractivity contribution in [3.63, 3.8) is 0 Å². The summed E-state index contributed by atoms with van der Waals surface area (Å²) in [6, 6.07) is 4.15. The van der Waals surface area contributed by atoms with Crippen molar-refractivity contribution in [3.8, 4) is 0 Å². The van der Waals surface area contributed by atoms with E-state index in [-0.39, 0.29) is 24.8 Å². The van der Waals surface area contributed by atoms with Gasteiger partial charge in [-0.1, -0.05) is 25.0 Å². The number of likely N-dealkylation sites (N-methyl/N-ethyl adjacent to an activating group) is 1. The standard InChI is InChI=1S/C18H23F3N4O3/c1-25(11-16(27)24-17(28)22-12-6-2-3-7-12)10-15(26)23-14-9-5-4-8-13(14)18(19,20)21/h4-5,8-9,12H,2-3,6-7,10-11H2,1H3,(H,23,26)(H2,22,24,27,28)/p+1. The molecule has 0 radical (unpaired) electrons. The third kappa shape index (κ3) is 6.84. The molecule has 0 aromatic heterocycles. The number of imide groups is 1. The zero-order valence-electron chi connectivity index (χ0n) is 15.5. The first kappa shape index (κ1) is 21.7. The van der Waals surface area contributed by atoms with E-state index in [1.807, 2.05) is 0 Å². The summed E-state index contributed by atoms with van der Waals surface area (Å²) < 4.78 is 38.9. The molecule has 1 aliphatic rings. The fourth-order valence-corrected chi connectivity index (χ4v) is 3.11. The Balaban J connectivity index is 1.79. The fraction of sp³-hybridized carbons (Fsp3) is 0.500. The lowest BCUT2D eigenvalue weighted by atomic mass is 10.1. The van der Waals surface area contributed by atoms with Gasteiger partial charge in [-0.2, -0.15) is 13.2 Å². The fourth-order valence-electron chi connectivity index (χ4n) is 3.11.